The molecule has 0 aromatic heterocycles. The summed E-state index contributed by atoms with van der Waals surface area (Å²) in [7, 11) is 0. The van der Waals surface area contributed by atoms with Gasteiger partial charge < -0.3 is 24.8 Å². The summed E-state index contributed by atoms with van der Waals surface area (Å²) in [6, 6.07) is 0. The first-order valence-corrected chi connectivity index (χ1v) is 9.66. The van der Waals surface area contributed by atoms with Gasteiger partial charge in [0, 0.05) is 17.6 Å². The van der Waals surface area contributed by atoms with Crippen molar-refractivity contribution in [2.75, 3.05) is 5.88 Å². The number of carbonyl (C=O) groups excluding carboxylic acids is 2. The monoisotopic (exact) mass is 412 g/mol. The van der Waals surface area contributed by atoms with Gasteiger partial charge in [0.25, 0.3) is 0 Å². The van der Waals surface area contributed by atoms with Crippen molar-refractivity contribution in [3.05, 3.63) is 35.5 Å². The lowest BCUT2D eigenvalue weighted by Gasteiger charge is -2.43. The van der Waals surface area contributed by atoms with E-state index in [9.17, 15) is 24.9 Å². The molecule has 1 aliphatic heterocycles. The van der Waals surface area contributed by atoms with Gasteiger partial charge in [0.15, 0.2) is 0 Å². The van der Waals surface area contributed by atoms with E-state index >= 15 is 0 Å². The normalized spacial score (nSPS) is 43.0. The van der Waals surface area contributed by atoms with Gasteiger partial charge in [-0.05, 0) is 26.3 Å². The first kappa shape index (κ1) is 21.0. The molecule has 0 aromatic rings. The average molecular weight is 413 g/mol. The number of fused-ring (bicyclic) bond motifs is 3. The summed E-state index contributed by atoms with van der Waals surface area (Å²) in [5, 5.41) is 33.5. The number of halogens is 1. The number of hydrogen-bond donors (Lipinski definition) is 3. The fourth-order valence-corrected chi connectivity index (χ4v) is 4.96. The second-order valence-electron chi connectivity index (χ2n) is 7.88. The highest BCUT2D eigenvalue weighted by atomic mass is 35.5. The van der Waals surface area contributed by atoms with Gasteiger partial charge >= 0.3 is 11.9 Å². The number of carbonyl (C=O) groups is 2. The Morgan fingerprint density at radius 3 is 2.71 bits per heavy atom. The average Bonchev–Trinajstić information content (AvgIpc) is 3.04. The molecule has 3 N–H and O–H groups in total. The van der Waals surface area contributed by atoms with Gasteiger partial charge in [0.1, 0.15) is 17.8 Å². The molecular weight excluding hydrogens is 388 g/mol. The van der Waals surface area contributed by atoms with E-state index in [1.54, 1.807) is 26.8 Å². The van der Waals surface area contributed by atoms with Gasteiger partial charge in [0.05, 0.1) is 29.4 Å². The number of allylic oxidation sites excluding steroid dienone is 1. The second-order valence-corrected chi connectivity index (χ2v) is 8.14. The number of alkyl halides is 1. The zero-order chi connectivity index (χ0) is 21.0. The Kier molecular flexibility index (Phi) is 5.25. The van der Waals surface area contributed by atoms with Crippen LogP contribution in [-0.4, -0.2) is 62.7 Å². The lowest BCUT2D eigenvalue weighted by molar-refractivity contribution is -0.173. The Morgan fingerprint density at radius 1 is 1.50 bits per heavy atom. The van der Waals surface area contributed by atoms with Crippen LogP contribution in [0.25, 0.3) is 0 Å². The minimum absolute atomic E-state index is 0.0427. The quantitative estimate of drug-likeness (QED) is 0.274. The third-order valence-electron chi connectivity index (χ3n) is 6.31. The third kappa shape index (κ3) is 2.84. The lowest BCUT2D eigenvalue weighted by atomic mass is 9.71. The van der Waals surface area contributed by atoms with E-state index in [-0.39, 0.29) is 17.9 Å². The summed E-state index contributed by atoms with van der Waals surface area (Å²) >= 11 is 6.07. The Hall–Kier alpha value is -1.67. The van der Waals surface area contributed by atoms with Crippen molar-refractivity contribution in [3.8, 4) is 0 Å². The number of esters is 2. The molecule has 3 rings (SSSR count). The Morgan fingerprint density at radius 2 is 2.14 bits per heavy atom. The van der Waals surface area contributed by atoms with Crippen LogP contribution >= 0.6 is 11.6 Å². The summed E-state index contributed by atoms with van der Waals surface area (Å²) in [5.74, 6) is -3.71. The molecule has 8 heteroatoms. The lowest BCUT2D eigenvalue weighted by Crippen LogP contribution is -2.59. The number of rotatable bonds is 3. The second kappa shape index (κ2) is 6.99. The summed E-state index contributed by atoms with van der Waals surface area (Å²) in [6.45, 7) is 8.60. The molecule has 3 aliphatic rings. The zero-order valence-electron chi connectivity index (χ0n) is 16.0. The van der Waals surface area contributed by atoms with Crippen molar-refractivity contribution in [2.45, 2.75) is 56.7 Å². The van der Waals surface area contributed by atoms with Gasteiger partial charge in [-0.15, -0.1) is 11.6 Å². The molecule has 7 nitrogen and oxygen atoms in total. The van der Waals surface area contributed by atoms with Crippen molar-refractivity contribution in [3.63, 3.8) is 0 Å². The molecule has 0 aromatic carbocycles. The van der Waals surface area contributed by atoms with Crippen LogP contribution in [0, 0.1) is 11.8 Å². The number of aliphatic hydroxyl groups is 3. The van der Waals surface area contributed by atoms with E-state index < -0.39 is 53.3 Å². The fraction of sp³-hybridized carbons (Fsp3) is 0.600. The summed E-state index contributed by atoms with van der Waals surface area (Å²) in [5.41, 5.74) is -2.92. The highest BCUT2D eigenvalue weighted by molar-refractivity contribution is 6.18. The Labute approximate surface area is 168 Å². The maximum absolute atomic E-state index is 12.4. The molecule has 1 saturated carbocycles. The van der Waals surface area contributed by atoms with Crippen molar-refractivity contribution < 1.29 is 34.4 Å². The van der Waals surface area contributed by atoms with Gasteiger partial charge in [-0.25, -0.2) is 9.59 Å². The number of aliphatic hydroxyl groups excluding tert-OH is 1. The molecule has 0 spiro atoms. The number of ether oxygens (including phenoxy) is 2. The van der Waals surface area contributed by atoms with Crippen molar-refractivity contribution in [1.29, 1.82) is 0 Å². The first-order chi connectivity index (χ1) is 13.0. The molecule has 2 fully saturated rings. The predicted octanol–water partition coefficient (Wildman–Crippen LogP) is 1.00. The predicted molar refractivity (Wildman–Crippen MR) is 100 cm³/mol. The highest BCUT2D eigenvalue weighted by Crippen LogP contribution is 2.55. The Balaban J connectivity index is 2.14. The van der Waals surface area contributed by atoms with Crippen LogP contribution in [0.5, 0.6) is 0 Å². The van der Waals surface area contributed by atoms with E-state index in [4.69, 9.17) is 21.1 Å². The Bertz CT molecular complexity index is 787. The summed E-state index contributed by atoms with van der Waals surface area (Å²) in [4.78, 5) is 24.7. The minimum Gasteiger partial charge on any atom is -0.458 e. The van der Waals surface area contributed by atoms with E-state index in [1.165, 1.54) is 6.08 Å². The van der Waals surface area contributed by atoms with E-state index in [0.717, 1.165) is 0 Å². The molecule has 154 valence electrons. The summed E-state index contributed by atoms with van der Waals surface area (Å²) < 4.78 is 11.0. The molecule has 7 atom stereocenters. The van der Waals surface area contributed by atoms with Crippen molar-refractivity contribution in [2.24, 2.45) is 11.8 Å². The molecule has 0 radical (unpaired) electrons. The minimum atomic E-state index is -1.88. The maximum Gasteiger partial charge on any atom is 0.334 e. The van der Waals surface area contributed by atoms with Crippen LogP contribution in [0.4, 0.5) is 0 Å². The van der Waals surface area contributed by atoms with Crippen LogP contribution in [0.15, 0.2) is 35.5 Å². The van der Waals surface area contributed by atoms with Gasteiger partial charge in [-0.3, -0.25) is 0 Å². The van der Waals surface area contributed by atoms with Crippen LogP contribution in [0.1, 0.15) is 27.2 Å². The molecule has 0 unspecified atom stereocenters. The molecule has 2 aliphatic carbocycles. The van der Waals surface area contributed by atoms with Gasteiger partial charge in [-0.2, -0.15) is 0 Å². The van der Waals surface area contributed by atoms with Crippen molar-refractivity contribution in [1.82, 2.24) is 0 Å². The molecular formula is C20H25ClO7. The highest BCUT2D eigenvalue weighted by Gasteiger charge is 2.69. The van der Waals surface area contributed by atoms with Gasteiger partial charge in [0.2, 0.25) is 0 Å². The molecule has 1 saturated heterocycles. The number of hydrogen-bond acceptors (Lipinski definition) is 7. The molecule has 1 heterocycles. The van der Waals surface area contributed by atoms with Gasteiger partial charge in [-0.1, -0.05) is 18.7 Å². The summed E-state index contributed by atoms with van der Waals surface area (Å²) in [6.07, 6.45) is -0.606. The van der Waals surface area contributed by atoms with E-state index in [2.05, 4.69) is 6.58 Å². The maximum atomic E-state index is 12.4. The van der Waals surface area contributed by atoms with Crippen molar-refractivity contribution >= 4 is 23.5 Å². The van der Waals surface area contributed by atoms with E-state index in [0.29, 0.717) is 11.1 Å². The first-order valence-electron chi connectivity index (χ1n) is 9.12. The topological polar surface area (TPSA) is 113 Å². The van der Waals surface area contributed by atoms with Crippen LogP contribution in [0.3, 0.4) is 0 Å². The molecule has 28 heavy (non-hydrogen) atoms. The fourth-order valence-electron chi connectivity index (χ4n) is 4.69. The zero-order valence-corrected chi connectivity index (χ0v) is 16.8. The van der Waals surface area contributed by atoms with Crippen LogP contribution in [-0.2, 0) is 19.1 Å². The van der Waals surface area contributed by atoms with E-state index in [1.807, 2.05) is 0 Å². The molecule has 0 amide bonds. The third-order valence-corrected chi connectivity index (χ3v) is 6.77. The SMILES string of the molecule is C=C1C(=O)O[C@H]2[C@H]1[C@H](OC(=O)C(C)=CC)C[C@](O)(CCl)[C@@H]1[C@H](O)C=C(C)[C@]21O. The van der Waals surface area contributed by atoms with Crippen LogP contribution in [0.2, 0.25) is 0 Å². The smallest absolute Gasteiger partial charge is 0.334 e. The standard InChI is InChI=1S/C20H25ClO7/c1-5-9(2)17(23)27-13-7-19(25,8-21)15-12(22)6-10(3)20(15,26)16-14(13)11(4)18(24)28-16/h5-6,12-16,22,25-26H,4,7-8H2,1-3H3/t12-,13-,14-,15+,16+,19+,20-/m1/s1. The van der Waals surface area contributed by atoms with Crippen LogP contribution < -0.4 is 0 Å². The largest absolute Gasteiger partial charge is 0.458 e. The molecule has 0 bridgehead atoms.